The van der Waals surface area contributed by atoms with E-state index in [1.165, 1.54) is 12.1 Å². The summed E-state index contributed by atoms with van der Waals surface area (Å²) in [6.45, 7) is 1.98. The van der Waals surface area contributed by atoms with Crippen molar-refractivity contribution in [3.05, 3.63) is 59.9 Å². The maximum Gasteiger partial charge on any atom is 0.242 e. The summed E-state index contributed by atoms with van der Waals surface area (Å²) in [5.41, 5.74) is 1.81. The van der Waals surface area contributed by atoms with Crippen LogP contribution in [0, 0.1) is 5.82 Å². The molecule has 0 aromatic heterocycles. The fraction of sp³-hybridized carbons (Fsp3) is 0.235. The molecule has 2 rings (SSSR count). The first kappa shape index (κ1) is 18.7. The highest BCUT2D eigenvalue weighted by Gasteiger charge is 2.12. The Morgan fingerprint density at radius 2 is 1.76 bits per heavy atom. The second kappa shape index (κ2) is 7.98. The number of hydrogen-bond acceptors (Lipinski definition) is 4. The Morgan fingerprint density at radius 1 is 1.12 bits per heavy atom. The lowest BCUT2D eigenvalue weighted by atomic mass is 10.2. The van der Waals surface area contributed by atoms with E-state index in [1.54, 1.807) is 43.3 Å². The predicted molar refractivity (Wildman–Crippen MR) is 96.2 cm³/mol. The summed E-state index contributed by atoms with van der Waals surface area (Å²) in [5, 5.41) is 5.76. The van der Waals surface area contributed by atoms with Crippen molar-refractivity contribution in [3.8, 4) is 0 Å². The maximum atomic E-state index is 12.9. The molecule has 0 bridgehead atoms. The van der Waals surface area contributed by atoms with Crippen LogP contribution in [0.25, 0.3) is 0 Å². The Morgan fingerprint density at radius 3 is 2.40 bits per heavy atom. The summed E-state index contributed by atoms with van der Waals surface area (Å²) in [5.74, 6) is -0.557. The first-order chi connectivity index (χ1) is 11.7. The fourth-order valence-corrected chi connectivity index (χ4v) is 2.70. The van der Waals surface area contributed by atoms with E-state index in [0.717, 1.165) is 11.8 Å². The Labute approximate surface area is 146 Å². The average molecular weight is 365 g/mol. The molecule has 0 fully saturated rings. The van der Waals surface area contributed by atoms with Gasteiger partial charge >= 0.3 is 0 Å². The minimum Gasteiger partial charge on any atom is -0.374 e. The van der Waals surface area contributed by atoms with Crippen LogP contribution >= 0.6 is 0 Å². The van der Waals surface area contributed by atoms with Crippen molar-refractivity contribution in [1.82, 2.24) is 5.32 Å². The topological polar surface area (TPSA) is 87.3 Å². The van der Waals surface area contributed by atoms with Gasteiger partial charge in [0, 0.05) is 12.2 Å². The smallest absolute Gasteiger partial charge is 0.242 e. The quantitative estimate of drug-likeness (QED) is 0.703. The van der Waals surface area contributed by atoms with Gasteiger partial charge in [0.1, 0.15) is 11.9 Å². The summed E-state index contributed by atoms with van der Waals surface area (Å²) < 4.78 is 37.8. The number of rotatable bonds is 7. The Balaban J connectivity index is 1.92. The van der Waals surface area contributed by atoms with Crippen molar-refractivity contribution >= 4 is 27.3 Å². The number of amides is 1. The molecule has 0 radical (unpaired) electrons. The molecule has 2 aromatic rings. The van der Waals surface area contributed by atoms with Gasteiger partial charge in [-0.05, 0) is 42.8 Å². The van der Waals surface area contributed by atoms with Crippen LogP contribution in [0.1, 0.15) is 12.5 Å². The number of benzene rings is 2. The van der Waals surface area contributed by atoms with Crippen LogP contribution < -0.4 is 15.4 Å². The van der Waals surface area contributed by atoms with E-state index in [1.807, 2.05) is 0 Å². The van der Waals surface area contributed by atoms with E-state index in [-0.39, 0.29) is 11.7 Å². The van der Waals surface area contributed by atoms with E-state index in [0.29, 0.717) is 17.9 Å². The van der Waals surface area contributed by atoms with Gasteiger partial charge in [0.05, 0.1) is 11.9 Å². The second-order valence-corrected chi connectivity index (χ2v) is 7.41. The molecule has 134 valence electrons. The van der Waals surface area contributed by atoms with Crippen molar-refractivity contribution in [2.75, 3.05) is 16.3 Å². The van der Waals surface area contributed by atoms with E-state index in [4.69, 9.17) is 0 Å². The molecule has 1 atom stereocenters. The molecule has 6 nitrogen and oxygen atoms in total. The standard InChI is InChI=1S/C17H20FN3O3S/c1-12(17(22)19-11-13-6-8-14(18)9-7-13)20-15-4-3-5-16(10-15)21-25(2,23)24/h3-10,12,20-21H,11H2,1-2H3,(H,19,22). The first-order valence-corrected chi connectivity index (χ1v) is 9.48. The molecule has 0 aliphatic carbocycles. The highest BCUT2D eigenvalue weighted by molar-refractivity contribution is 7.92. The van der Waals surface area contributed by atoms with Crippen LogP contribution in [0.4, 0.5) is 15.8 Å². The molecule has 0 spiro atoms. The van der Waals surface area contributed by atoms with Gasteiger partial charge in [-0.1, -0.05) is 18.2 Å². The van der Waals surface area contributed by atoms with Gasteiger partial charge in [0.15, 0.2) is 0 Å². The van der Waals surface area contributed by atoms with Gasteiger partial charge in [-0.25, -0.2) is 12.8 Å². The SMILES string of the molecule is CC(Nc1cccc(NS(C)(=O)=O)c1)C(=O)NCc1ccc(F)cc1. The molecule has 1 unspecified atom stereocenters. The molecule has 0 saturated heterocycles. The van der Waals surface area contributed by atoms with Crippen molar-refractivity contribution in [2.24, 2.45) is 0 Å². The van der Waals surface area contributed by atoms with Gasteiger partial charge in [-0.15, -0.1) is 0 Å². The molecule has 1 amide bonds. The minimum absolute atomic E-state index is 0.231. The normalized spacial score (nSPS) is 12.3. The summed E-state index contributed by atoms with van der Waals surface area (Å²) in [6.07, 6.45) is 1.07. The van der Waals surface area contributed by atoms with Crippen LogP contribution in [-0.4, -0.2) is 26.6 Å². The molecule has 0 heterocycles. The van der Waals surface area contributed by atoms with Crippen LogP contribution in [-0.2, 0) is 21.4 Å². The molecule has 0 saturated carbocycles. The van der Waals surface area contributed by atoms with Crippen LogP contribution in [0.3, 0.4) is 0 Å². The molecule has 3 N–H and O–H groups in total. The zero-order valence-corrected chi connectivity index (χ0v) is 14.7. The van der Waals surface area contributed by atoms with Crippen LogP contribution in [0.2, 0.25) is 0 Å². The highest BCUT2D eigenvalue weighted by Crippen LogP contribution is 2.17. The molecule has 2 aromatic carbocycles. The van der Waals surface area contributed by atoms with Gasteiger partial charge in [0.2, 0.25) is 15.9 Å². The summed E-state index contributed by atoms with van der Waals surface area (Å²) in [7, 11) is -3.36. The lowest BCUT2D eigenvalue weighted by Crippen LogP contribution is -2.37. The second-order valence-electron chi connectivity index (χ2n) is 5.67. The third-order valence-corrected chi connectivity index (χ3v) is 3.93. The minimum atomic E-state index is -3.36. The van der Waals surface area contributed by atoms with Crippen molar-refractivity contribution in [3.63, 3.8) is 0 Å². The summed E-state index contributed by atoms with van der Waals surface area (Å²) >= 11 is 0. The largest absolute Gasteiger partial charge is 0.374 e. The Hall–Kier alpha value is -2.61. The van der Waals surface area contributed by atoms with E-state index >= 15 is 0 Å². The van der Waals surface area contributed by atoms with Crippen LogP contribution in [0.15, 0.2) is 48.5 Å². The average Bonchev–Trinajstić information content (AvgIpc) is 2.52. The number of hydrogen-bond donors (Lipinski definition) is 3. The Bertz CT molecular complexity index is 838. The van der Waals surface area contributed by atoms with E-state index < -0.39 is 16.1 Å². The number of carbonyl (C=O) groups excluding carboxylic acids is 1. The van der Waals surface area contributed by atoms with Crippen LogP contribution in [0.5, 0.6) is 0 Å². The van der Waals surface area contributed by atoms with Crippen molar-refractivity contribution in [2.45, 2.75) is 19.5 Å². The number of nitrogens with one attached hydrogen (secondary N) is 3. The highest BCUT2D eigenvalue weighted by atomic mass is 32.2. The number of sulfonamides is 1. The molecule has 0 aliphatic rings. The number of carbonyl (C=O) groups is 1. The zero-order chi connectivity index (χ0) is 18.4. The first-order valence-electron chi connectivity index (χ1n) is 7.59. The predicted octanol–water partition coefficient (Wildman–Crippen LogP) is 2.31. The molecule has 0 aliphatic heterocycles. The number of anilines is 2. The maximum absolute atomic E-state index is 12.9. The van der Waals surface area contributed by atoms with Crippen molar-refractivity contribution in [1.29, 1.82) is 0 Å². The lowest BCUT2D eigenvalue weighted by Gasteiger charge is -2.16. The van der Waals surface area contributed by atoms with Gasteiger partial charge in [-0.3, -0.25) is 9.52 Å². The fourth-order valence-electron chi connectivity index (χ4n) is 2.15. The summed E-state index contributed by atoms with van der Waals surface area (Å²) in [4.78, 5) is 12.1. The van der Waals surface area contributed by atoms with Gasteiger partial charge in [-0.2, -0.15) is 0 Å². The third-order valence-electron chi connectivity index (χ3n) is 3.32. The van der Waals surface area contributed by atoms with E-state index in [9.17, 15) is 17.6 Å². The Kier molecular flexibility index (Phi) is 5.97. The van der Waals surface area contributed by atoms with Crippen molar-refractivity contribution < 1.29 is 17.6 Å². The van der Waals surface area contributed by atoms with Gasteiger partial charge in [0.25, 0.3) is 0 Å². The lowest BCUT2D eigenvalue weighted by molar-refractivity contribution is -0.121. The summed E-state index contributed by atoms with van der Waals surface area (Å²) in [6, 6.07) is 12.0. The van der Waals surface area contributed by atoms with Gasteiger partial charge < -0.3 is 10.6 Å². The zero-order valence-electron chi connectivity index (χ0n) is 13.9. The monoisotopic (exact) mass is 365 g/mol. The third kappa shape index (κ3) is 6.42. The number of halogens is 1. The molecule has 25 heavy (non-hydrogen) atoms. The molecule has 8 heteroatoms. The molecular weight excluding hydrogens is 345 g/mol. The van der Waals surface area contributed by atoms with E-state index in [2.05, 4.69) is 15.4 Å². The molecular formula is C17H20FN3O3S.